The summed E-state index contributed by atoms with van der Waals surface area (Å²) in [6, 6.07) is 58.1. The lowest BCUT2D eigenvalue weighted by atomic mass is 9.93. The van der Waals surface area contributed by atoms with Crippen molar-refractivity contribution in [3.63, 3.8) is 0 Å². The summed E-state index contributed by atoms with van der Waals surface area (Å²) in [5.74, 6) is 0. The molecule has 7 aromatic carbocycles. The van der Waals surface area contributed by atoms with E-state index in [0.717, 1.165) is 49.9 Å². The number of nitrogens with zero attached hydrogens (tertiary/aromatic N) is 3. The van der Waals surface area contributed by atoms with Gasteiger partial charge in [-0.25, -0.2) is 9.97 Å². The second kappa shape index (κ2) is 10.3. The minimum atomic E-state index is 0.861. The molecule has 0 fully saturated rings. The average molecular weight is 574 g/mol. The normalized spacial score (nSPS) is 11.6. The lowest BCUT2D eigenvalue weighted by molar-refractivity contribution is 1.15. The Morgan fingerprint density at radius 1 is 0.378 bits per heavy atom. The minimum absolute atomic E-state index is 0.861. The molecule has 0 radical (unpaired) electrons. The highest BCUT2D eigenvalue weighted by molar-refractivity contribution is 6.10. The fraction of sp³-hybridized carbons (Fsp3) is 0. The Labute approximate surface area is 260 Å². The first-order chi connectivity index (χ1) is 22.3. The predicted octanol–water partition coefficient (Wildman–Crippen LogP) is 10.9. The molecule has 3 nitrogen and oxygen atoms in total. The third-order valence-electron chi connectivity index (χ3n) is 8.75. The summed E-state index contributed by atoms with van der Waals surface area (Å²) in [4.78, 5) is 10.4. The third kappa shape index (κ3) is 4.29. The number of hydrogen-bond acceptors (Lipinski definition) is 2. The van der Waals surface area contributed by atoms with Gasteiger partial charge in [0.25, 0.3) is 0 Å². The molecule has 0 bridgehead atoms. The van der Waals surface area contributed by atoms with Crippen LogP contribution in [0.15, 0.2) is 164 Å². The van der Waals surface area contributed by atoms with Gasteiger partial charge in [0.05, 0.1) is 22.2 Å². The van der Waals surface area contributed by atoms with Gasteiger partial charge in [-0.1, -0.05) is 115 Å². The monoisotopic (exact) mass is 573 g/mol. The molecular weight excluding hydrogens is 546 g/mol. The van der Waals surface area contributed by atoms with Gasteiger partial charge < -0.3 is 0 Å². The number of benzene rings is 7. The molecule has 0 atom stereocenters. The third-order valence-corrected chi connectivity index (χ3v) is 8.75. The molecule has 0 aliphatic heterocycles. The van der Waals surface area contributed by atoms with Gasteiger partial charge in [0, 0.05) is 10.8 Å². The van der Waals surface area contributed by atoms with Crippen molar-refractivity contribution in [2.24, 2.45) is 0 Å². The molecule has 0 saturated heterocycles. The summed E-state index contributed by atoms with van der Waals surface area (Å²) in [7, 11) is 0. The van der Waals surface area contributed by atoms with Crippen LogP contribution >= 0.6 is 0 Å². The maximum Gasteiger partial charge on any atom is 0.165 e. The van der Waals surface area contributed by atoms with Crippen molar-refractivity contribution < 1.29 is 0 Å². The standard InChI is InChI=1S/C42H27N3/c1-3-12-28(13-4-1)32-24-33(29-14-5-2-6-15-29)26-34(25-32)31-22-23-36-40(27-31)45(39-21-11-17-30-16-7-8-18-35(30)39)42-41(36)43-37-19-9-10-20-38(37)44-42/h1-27H. The zero-order valence-corrected chi connectivity index (χ0v) is 24.4. The Kier molecular flexibility index (Phi) is 5.82. The van der Waals surface area contributed by atoms with E-state index in [1.807, 2.05) is 24.3 Å². The van der Waals surface area contributed by atoms with Gasteiger partial charge in [-0.2, -0.15) is 0 Å². The molecule has 2 aromatic heterocycles. The van der Waals surface area contributed by atoms with Gasteiger partial charge >= 0.3 is 0 Å². The maximum absolute atomic E-state index is 5.21. The molecule has 0 N–H and O–H groups in total. The molecule has 9 aromatic rings. The van der Waals surface area contributed by atoms with Crippen LogP contribution in [0, 0.1) is 0 Å². The topological polar surface area (TPSA) is 30.7 Å². The summed E-state index contributed by atoms with van der Waals surface area (Å²) in [5, 5.41) is 3.46. The van der Waals surface area contributed by atoms with E-state index in [2.05, 4.69) is 144 Å². The summed E-state index contributed by atoms with van der Waals surface area (Å²) >= 11 is 0. The van der Waals surface area contributed by atoms with Crippen molar-refractivity contribution in [1.82, 2.24) is 14.5 Å². The fourth-order valence-corrected chi connectivity index (χ4v) is 6.57. The lowest BCUT2D eigenvalue weighted by Crippen LogP contribution is -1.98. The number of hydrogen-bond donors (Lipinski definition) is 0. The zero-order chi connectivity index (χ0) is 29.7. The number of aromatic nitrogens is 3. The van der Waals surface area contributed by atoms with Gasteiger partial charge in [0.15, 0.2) is 5.65 Å². The predicted molar refractivity (Wildman–Crippen MR) is 188 cm³/mol. The van der Waals surface area contributed by atoms with E-state index in [1.165, 1.54) is 33.0 Å². The Balaban J connectivity index is 1.35. The van der Waals surface area contributed by atoms with Gasteiger partial charge in [0.1, 0.15) is 5.52 Å². The van der Waals surface area contributed by atoms with E-state index in [-0.39, 0.29) is 0 Å². The highest BCUT2D eigenvalue weighted by Crippen LogP contribution is 2.38. The molecule has 2 heterocycles. The van der Waals surface area contributed by atoms with Gasteiger partial charge in [-0.05, 0) is 87.3 Å². The van der Waals surface area contributed by atoms with E-state index in [4.69, 9.17) is 9.97 Å². The van der Waals surface area contributed by atoms with Crippen LogP contribution in [0.2, 0.25) is 0 Å². The molecule has 0 aliphatic rings. The molecule has 9 rings (SSSR count). The molecule has 3 heteroatoms. The molecule has 210 valence electrons. The highest BCUT2D eigenvalue weighted by atomic mass is 15.1. The first-order valence-electron chi connectivity index (χ1n) is 15.3. The van der Waals surface area contributed by atoms with E-state index in [0.29, 0.717) is 0 Å². The van der Waals surface area contributed by atoms with Crippen LogP contribution in [0.25, 0.3) is 82.9 Å². The first kappa shape index (κ1) is 25.4. The minimum Gasteiger partial charge on any atom is -0.292 e. The quantitative estimate of drug-likeness (QED) is 0.210. The van der Waals surface area contributed by atoms with E-state index >= 15 is 0 Å². The maximum atomic E-state index is 5.21. The SMILES string of the molecule is c1ccc(-c2cc(-c3ccccc3)cc(-c3ccc4c5nc6ccccc6nc5n(-c5cccc6ccccc56)c4c3)c2)cc1. The van der Waals surface area contributed by atoms with Gasteiger partial charge in [-0.15, -0.1) is 0 Å². The Morgan fingerprint density at radius 2 is 0.956 bits per heavy atom. The van der Waals surface area contributed by atoms with Crippen LogP contribution < -0.4 is 0 Å². The first-order valence-corrected chi connectivity index (χ1v) is 15.3. The Bertz CT molecular complexity index is 2470. The van der Waals surface area contributed by atoms with E-state index in [1.54, 1.807) is 0 Å². The summed E-state index contributed by atoms with van der Waals surface area (Å²) in [6.45, 7) is 0. The Morgan fingerprint density at radius 3 is 1.67 bits per heavy atom. The number of para-hydroxylation sites is 2. The fourth-order valence-electron chi connectivity index (χ4n) is 6.57. The largest absolute Gasteiger partial charge is 0.292 e. The smallest absolute Gasteiger partial charge is 0.165 e. The Hall–Kier alpha value is -6.06. The molecule has 45 heavy (non-hydrogen) atoms. The van der Waals surface area contributed by atoms with Crippen LogP contribution in [0.4, 0.5) is 0 Å². The average Bonchev–Trinajstić information content (AvgIpc) is 3.43. The summed E-state index contributed by atoms with van der Waals surface area (Å²) in [5.41, 5.74) is 12.8. The van der Waals surface area contributed by atoms with Crippen molar-refractivity contribution in [1.29, 1.82) is 0 Å². The summed E-state index contributed by atoms with van der Waals surface area (Å²) < 4.78 is 2.30. The van der Waals surface area contributed by atoms with Crippen molar-refractivity contribution >= 4 is 43.9 Å². The van der Waals surface area contributed by atoms with Crippen LogP contribution in [0.3, 0.4) is 0 Å². The van der Waals surface area contributed by atoms with Crippen LogP contribution in [-0.4, -0.2) is 14.5 Å². The van der Waals surface area contributed by atoms with Crippen LogP contribution in [-0.2, 0) is 0 Å². The van der Waals surface area contributed by atoms with Gasteiger partial charge in [-0.3, -0.25) is 4.57 Å². The molecule has 0 aliphatic carbocycles. The molecular formula is C42H27N3. The highest BCUT2D eigenvalue weighted by Gasteiger charge is 2.19. The molecule has 0 amide bonds. The van der Waals surface area contributed by atoms with Crippen LogP contribution in [0.5, 0.6) is 0 Å². The lowest BCUT2D eigenvalue weighted by Gasteiger charge is -2.13. The van der Waals surface area contributed by atoms with Crippen LogP contribution in [0.1, 0.15) is 0 Å². The number of rotatable bonds is 4. The van der Waals surface area contributed by atoms with Crippen molar-refractivity contribution in [3.8, 4) is 39.1 Å². The van der Waals surface area contributed by atoms with E-state index < -0.39 is 0 Å². The van der Waals surface area contributed by atoms with Crippen molar-refractivity contribution in [2.45, 2.75) is 0 Å². The molecule has 0 saturated carbocycles. The number of fused-ring (bicyclic) bond motifs is 5. The van der Waals surface area contributed by atoms with E-state index in [9.17, 15) is 0 Å². The van der Waals surface area contributed by atoms with Crippen molar-refractivity contribution in [3.05, 3.63) is 164 Å². The summed E-state index contributed by atoms with van der Waals surface area (Å²) in [6.07, 6.45) is 0. The van der Waals surface area contributed by atoms with Gasteiger partial charge in [0.2, 0.25) is 0 Å². The molecule has 0 unspecified atom stereocenters. The second-order valence-electron chi connectivity index (χ2n) is 11.5. The second-order valence-corrected chi connectivity index (χ2v) is 11.5. The molecule has 0 spiro atoms. The van der Waals surface area contributed by atoms with Crippen molar-refractivity contribution in [2.75, 3.05) is 0 Å². The zero-order valence-electron chi connectivity index (χ0n) is 24.4.